The van der Waals surface area contributed by atoms with Crippen LogP contribution in [0.25, 0.3) is 32.9 Å². The van der Waals surface area contributed by atoms with Gasteiger partial charge in [-0.3, -0.25) is 10.1 Å². The first kappa shape index (κ1) is 21.7. The number of aryl methyl sites for hydroxylation is 1. The van der Waals surface area contributed by atoms with Crippen LogP contribution in [-0.2, 0) is 23.9 Å². The second-order valence-corrected chi connectivity index (χ2v) is 8.99. The summed E-state index contributed by atoms with van der Waals surface area (Å²) in [6.07, 6.45) is 5.53. The van der Waals surface area contributed by atoms with Gasteiger partial charge in [0.15, 0.2) is 11.4 Å². The molecule has 1 aliphatic heterocycles. The van der Waals surface area contributed by atoms with Crippen LogP contribution in [0.3, 0.4) is 0 Å². The summed E-state index contributed by atoms with van der Waals surface area (Å²) in [7, 11) is 3.51. The fourth-order valence-electron chi connectivity index (χ4n) is 4.89. The van der Waals surface area contributed by atoms with Gasteiger partial charge in [-0.2, -0.15) is 0 Å². The Morgan fingerprint density at radius 1 is 1.03 bits per heavy atom. The lowest BCUT2D eigenvalue weighted by Crippen LogP contribution is -2.47. The van der Waals surface area contributed by atoms with E-state index in [4.69, 9.17) is 4.74 Å². The highest BCUT2D eigenvalue weighted by Crippen LogP contribution is 2.35. The molecule has 3 aromatic heterocycles. The second kappa shape index (κ2) is 7.88. The molecule has 3 amide bonds. The van der Waals surface area contributed by atoms with E-state index in [1.165, 1.54) is 0 Å². The fraction of sp³-hybridized carbons (Fsp3) is 0.148. The standard InChI is InChI=1S/C27H23N5O4/c1-31-10-9-17-11-19(13-28-23(17)31)16-3-6-20(7-4-16)27(25(34)29-26(35)30-27)15-32-14-18-5-8-21(36-2)12-22(18)24(32)33/h3-14,33H,15H2,1-2H3,(H2,29,30,34,35)/t27-/m1/s1. The number of carbonyl (C=O) groups excluding carboxylic acids is 2. The van der Waals surface area contributed by atoms with Crippen molar-refractivity contribution in [1.82, 2.24) is 24.8 Å². The first-order chi connectivity index (χ1) is 17.4. The van der Waals surface area contributed by atoms with Gasteiger partial charge in [-0.15, -0.1) is 0 Å². The number of hydrogen-bond acceptors (Lipinski definition) is 5. The average Bonchev–Trinajstić information content (AvgIpc) is 3.51. The number of nitrogens with zero attached hydrogens (tertiary/aromatic N) is 3. The molecule has 0 saturated carbocycles. The highest BCUT2D eigenvalue weighted by atomic mass is 16.5. The summed E-state index contributed by atoms with van der Waals surface area (Å²) in [5.41, 5.74) is 1.97. The van der Waals surface area contributed by atoms with Gasteiger partial charge in [0.25, 0.3) is 5.91 Å². The van der Waals surface area contributed by atoms with E-state index in [1.54, 1.807) is 30.0 Å². The molecule has 0 unspecified atom stereocenters. The van der Waals surface area contributed by atoms with E-state index in [9.17, 15) is 14.7 Å². The normalized spacial score (nSPS) is 17.5. The number of hydrogen-bond donors (Lipinski definition) is 3. The molecule has 180 valence electrons. The second-order valence-electron chi connectivity index (χ2n) is 8.99. The van der Waals surface area contributed by atoms with Crippen molar-refractivity contribution in [2.24, 2.45) is 7.05 Å². The number of aromatic hydroxyl groups is 1. The molecule has 36 heavy (non-hydrogen) atoms. The Morgan fingerprint density at radius 3 is 2.56 bits per heavy atom. The van der Waals surface area contributed by atoms with Crippen LogP contribution in [0.4, 0.5) is 4.79 Å². The number of rotatable bonds is 5. The molecule has 3 N–H and O–H groups in total. The van der Waals surface area contributed by atoms with Crippen LogP contribution in [0.1, 0.15) is 5.56 Å². The number of urea groups is 1. The predicted octanol–water partition coefficient (Wildman–Crippen LogP) is 3.64. The number of pyridine rings is 1. The molecule has 9 nitrogen and oxygen atoms in total. The molecule has 1 fully saturated rings. The zero-order valence-electron chi connectivity index (χ0n) is 19.6. The zero-order valence-corrected chi connectivity index (χ0v) is 19.6. The van der Waals surface area contributed by atoms with Crippen LogP contribution in [0, 0.1) is 0 Å². The van der Waals surface area contributed by atoms with Gasteiger partial charge in [-0.1, -0.05) is 24.3 Å². The maximum atomic E-state index is 13.1. The summed E-state index contributed by atoms with van der Waals surface area (Å²) in [4.78, 5) is 29.9. The van der Waals surface area contributed by atoms with Crippen molar-refractivity contribution in [3.63, 3.8) is 0 Å². The molecular formula is C27H23N5O4. The minimum atomic E-state index is -1.39. The van der Waals surface area contributed by atoms with Crippen LogP contribution in [0.15, 0.2) is 73.2 Å². The topological polar surface area (TPSA) is 110 Å². The molecule has 6 rings (SSSR count). The third kappa shape index (κ3) is 3.28. The van der Waals surface area contributed by atoms with Crippen LogP contribution in [-0.4, -0.2) is 38.3 Å². The Morgan fingerprint density at radius 2 is 1.83 bits per heavy atom. The average molecular weight is 482 g/mol. The van der Waals surface area contributed by atoms with E-state index >= 15 is 0 Å². The quantitative estimate of drug-likeness (QED) is 0.332. The van der Waals surface area contributed by atoms with Crippen molar-refractivity contribution in [3.8, 4) is 22.8 Å². The first-order valence-corrected chi connectivity index (χ1v) is 11.4. The summed E-state index contributed by atoms with van der Waals surface area (Å²) in [5, 5.41) is 18.5. The molecule has 2 aromatic carbocycles. The molecule has 1 saturated heterocycles. The number of ether oxygens (including phenoxy) is 1. The first-order valence-electron chi connectivity index (χ1n) is 11.4. The lowest BCUT2D eigenvalue weighted by atomic mass is 9.88. The van der Waals surface area contributed by atoms with Crippen molar-refractivity contribution in [1.29, 1.82) is 0 Å². The number of benzene rings is 2. The van der Waals surface area contributed by atoms with E-state index in [0.29, 0.717) is 16.7 Å². The van der Waals surface area contributed by atoms with Gasteiger partial charge >= 0.3 is 6.03 Å². The van der Waals surface area contributed by atoms with Crippen LogP contribution >= 0.6 is 0 Å². The van der Waals surface area contributed by atoms with Crippen molar-refractivity contribution in [3.05, 3.63) is 78.8 Å². The van der Waals surface area contributed by atoms with Gasteiger partial charge in [0.05, 0.1) is 13.7 Å². The van der Waals surface area contributed by atoms with E-state index in [-0.39, 0.29) is 12.4 Å². The summed E-state index contributed by atoms with van der Waals surface area (Å²) in [5.74, 6) is 0.106. The predicted molar refractivity (Wildman–Crippen MR) is 135 cm³/mol. The minimum absolute atomic E-state index is 0.00424. The summed E-state index contributed by atoms with van der Waals surface area (Å²) < 4.78 is 8.79. The number of nitrogens with one attached hydrogen (secondary N) is 2. The highest BCUT2D eigenvalue weighted by Gasteiger charge is 2.48. The van der Waals surface area contributed by atoms with Crippen LogP contribution in [0.5, 0.6) is 11.6 Å². The van der Waals surface area contributed by atoms with E-state index in [1.807, 2.05) is 60.4 Å². The van der Waals surface area contributed by atoms with E-state index in [0.717, 1.165) is 27.5 Å². The van der Waals surface area contributed by atoms with Gasteiger partial charge in [0.2, 0.25) is 0 Å². The summed E-state index contributed by atoms with van der Waals surface area (Å²) >= 11 is 0. The Kier molecular flexibility index (Phi) is 4.75. The minimum Gasteiger partial charge on any atom is -0.497 e. The molecule has 0 radical (unpaired) electrons. The number of amides is 3. The largest absolute Gasteiger partial charge is 0.497 e. The van der Waals surface area contributed by atoms with Gasteiger partial charge in [0, 0.05) is 47.4 Å². The maximum absolute atomic E-state index is 13.1. The lowest BCUT2D eigenvalue weighted by Gasteiger charge is -2.27. The Hall–Kier alpha value is -4.79. The fourth-order valence-corrected chi connectivity index (χ4v) is 4.89. The van der Waals surface area contributed by atoms with Crippen molar-refractivity contribution < 1.29 is 19.4 Å². The molecular weight excluding hydrogens is 458 g/mol. The molecule has 4 heterocycles. The van der Waals surface area contributed by atoms with Gasteiger partial charge < -0.3 is 24.3 Å². The summed E-state index contributed by atoms with van der Waals surface area (Å²) in [6, 6.07) is 16.3. The molecule has 1 atom stereocenters. The van der Waals surface area contributed by atoms with Gasteiger partial charge in [-0.05, 0) is 41.5 Å². The van der Waals surface area contributed by atoms with Gasteiger partial charge in [-0.25, -0.2) is 9.78 Å². The Bertz CT molecular complexity index is 1670. The van der Waals surface area contributed by atoms with Crippen molar-refractivity contribution in [2.45, 2.75) is 12.1 Å². The molecule has 0 bridgehead atoms. The van der Waals surface area contributed by atoms with E-state index in [2.05, 4.69) is 21.7 Å². The lowest BCUT2D eigenvalue weighted by molar-refractivity contribution is -0.124. The SMILES string of the molecule is COc1ccc2cn(C[C@]3(c4ccc(-c5cnc6c(ccn6C)c5)cc4)NC(=O)NC3=O)c(O)c2c1. The Balaban J connectivity index is 1.39. The number of fused-ring (bicyclic) bond motifs is 2. The van der Waals surface area contributed by atoms with Crippen LogP contribution < -0.4 is 15.4 Å². The number of aromatic nitrogens is 3. The molecule has 0 aliphatic carbocycles. The molecule has 0 spiro atoms. The molecule has 9 heteroatoms. The maximum Gasteiger partial charge on any atom is 0.322 e. The molecule has 5 aromatic rings. The Labute approximate surface area is 205 Å². The monoisotopic (exact) mass is 481 g/mol. The smallest absolute Gasteiger partial charge is 0.322 e. The highest BCUT2D eigenvalue weighted by molar-refractivity contribution is 6.07. The summed E-state index contributed by atoms with van der Waals surface area (Å²) in [6.45, 7) is 0.00424. The van der Waals surface area contributed by atoms with Crippen LogP contribution in [0.2, 0.25) is 0 Å². The number of imide groups is 1. The third-order valence-electron chi connectivity index (χ3n) is 6.84. The number of carbonyl (C=O) groups is 2. The van der Waals surface area contributed by atoms with Crippen molar-refractivity contribution >= 4 is 33.7 Å². The zero-order chi connectivity index (χ0) is 25.0. The van der Waals surface area contributed by atoms with Crippen molar-refractivity contribution in [2.75, 3.05) is 7.11 Å². The number of methoxy groups -OCH3 is 1. The molecule has 1 aliphatic rings. The van der Waals surface area contributed by atoms with Gasteiger partial charge in [0.1, 0.15) is 11.4 Å². The van der Waals surface area contributed by atoms with E-state index < -0.39 is 17.5 Å². The third-order valence-corrected chi connectivity index (χ3v) is 6.84.